The van der Waals surface area contributed by atoms with Crippen molar-refractivity contribution in [3.8, 4) is 0 Å². The fourth-order valence-corrected chi connectivity index (χ4v) is 4.71. The Morgan fingerprint density at radius 2 is 1.68 bits per heavy atom. The molecule has 1 amide bonds. The van der Waals surface area contributed by atoms with E-state index >= 15 is 0 Å². The highest BCUT2D eigenvalue weighted by Crippen LogP contribution is 2.28. The Balaban J connectivity index is 2.33. The highest BCUT2D eigenvalue weighted by Gasteiger charge is 2.31. The summed E-state index contributed by atoms with van der Waals surface area (Å²) in [6, 6.07) is 9.83. The fraction of sp³-hybridized carbons (Fsp3) is 0.381. The number of nitrogens with one attached hydrogen (secondary N) is 1. The molecule has 2 aromatic rings. The van der Waals surface area contributed by atoms with Crippen LogP contribution in [0, 0.1) is 20.8 Å². The maximum Gasteiger partial charge on any atom is 0.244 e. The number of carbonyl (C=O) groups excluding carboxylic acids is 1. The first-order valence-electron chi connectivity index (χ1n) is 9.05. The molecule has 2 atom stereocenters. The molecule has 0 aliphatic rings. The van der Waals surface area contributed by atoms with Crippen molar-refractivity contribution in [1.29, 1.82) is 0 Å². The van der Waals surface area contributed by atoms with Crippen LogP contribution in [0.2, 0.25) is 5.02 Å². The first kappa shape index (κ1) is 22.2. The van der Waals surface area contributed by atoms with Gasteiger partial charge in [-0.3, -0.25) is 9.10 Å². The quantitative estimate of drug-likeness (QED) is 0.754. The highest BCUT2D eigenvalue weighted by atomic mass is 35.5. The first-order valence-corrected chi connectivity index (χ1v) is 11.3. The molecule has 0 aliphatic heterocycles. The Morgan fingerprint density at radius 1 is 1.04 bits per heavy atom. The summed E-state index contributed by atoms with van der Waals surface area (Å²) in [7, 11) is -3.70. The largest absolute Gasteiger partial charge is 0.348 e. The van der Waals surface area contributed by atoms with Gasteiger partial charge in [-0.1, -0.05) is 41.4 Å². The number of sulfonamides is 1. The predicted octanol–water partition coefficient (Wildman–Crippen LogP) is 4.30. The molecule has 0 saturated carbocycles. The second kappa shape index (κ2) is 8.53. The van der Waals surface area contributed by atoms with Crippen LogP contribution in [-0.2, 0) is 14.8 Å². The summed E-state index contributed by atoms with van der Waals surface area (Å²) in [4.78, 5) is 12.9. The van der Waals surface area contributed by atoms with Crippen LogP contribution in [-0.4, -0.2) is 26.6 Å². The van der Waals surface area contributed by atoms with E-state index in [9.17, 15) is 13.2 Å². The zero-order valence-corrected chi connectivity index (χ0v) is 18.6. The molecule has 0 fully saturated rings. The van der Waals surface area contributed by atoms with Crippen molar-refractivity contribution in [2.24, 2.45) is 0 Å². The Bertz CT molecular complexity index is 989. The van der Waals surface area contributed by atoms with Gasteiger partial charge in [0.1, 0.15) is 6.04 Å². The minimum atomic E-state index is -3.70. The number of rotatable bonds is 6. The molecule has 0 heterocycles. The van der Waals surface area contributed by atoms with Gasteiger partial charge in [0.2, 0.25) is 15.9 Å². The molecular weight excluding hydrogens is 396 g/mol. The van der Waals surface area contributed by atoms with Crippen molar-refractivity contribution < 1.29 is 13.2 Å². The molecule has 2 rings (SSSR count). The smallest absolute Gasteiger partial charge is 0.244 e. The van der Waals surface area contributed by atoms with Crippen LogP contribution in [0.4, 0.5) is 5.69 Å². The monoisotopic (exact) mass is 422 g/mol. The van der Waals surface area contributed by atoms with Crippen LogP contribution >= 0.6 is 11.6 Å². The van der Waals surface area contributed by atoms with Crippen molar-refractivity contribution in [1.82, 2.24) is 5.32 Å². The topological polar surface area (TPSA) is 66.5 Å². The number of hydrogen-bond acceptors (Lipinski definition) is 3. The zero-order chi connectivity index (χ0) is 21.2. The van der Waals surface area contributed by atoms with Crippen LogP contribution in [0.15, 0.2) is 36.4 Å². The number of benzene rings is 2. The lowest BCUT2D eigenvalue weighted by Crippen LogP contribution is -2.48. The van der Waals surface area contributed by atoms with Gasteiger partial charge in [-0.05, 0) is 63.4 Å². The molecule has 0 saturated heterocycles. The molecule has 2 aromatic carbocycles. The summed E-state index contributed by atoms with van der Waals surface area (Å²) in [5.41, 5.74) is 4.34. The summed E-state index contributed by atoms with van der Waals surface area (Å²) >= 11 is 6.07. The van der Waals surface area contributed by atoms with Gasteiger partial charge in [-0.25, -0.2) is 8.42 Å². The standard InChI is InChI=1S/C21H27ClN2O3S/c1-13-7-10-19(15(3)11-13)16(4)23-21(25)17(5)24(28(6,26)27)20-12-18(22)9-8-14(20)2/h7-12,16-17H,1-6H3,(H,23,25)/t16-,17-/m0/s1. The van der Waals surface area contributed by atoms with E-state index in [1.807, 2.05) is 32.9 Å². The molecule has 7 heteroatoms. The predicted molar refractivity (Wildman–Crippen MR) is 115 cm³/mol. The zero-order valence-electron chi connectivity index (χ0n) is 17.1. The molecule has 0 aliphatic carbocycles. The first-order chi connectivity index (χ1) is 12.9. The van der Waals surface area contributed by atoms with Crippen molar-refractivity contribution in [2.45, 2.75) is 46.7 Å². The van der Waals surface area contributed by atoms with Crippen molar-refractivity contribution in [3.63, 3.8) is 0 Å². The number of anilines is 1. The summed E-state index contributed by atoms with van der Waals surface area (Å²) in [6.45, 7) is 9.25. The molecule has 0 bridgehead atoms. The van der Waals surface area contributed by atoms with E-state index in [0.29, 0.717) is 10.7 Å². The van der Waals surface area contributed by atoms with Gasteiger partial charge >= 0.3 is 0 Å². The lowest BCUT2D eigenvalue weighted by molar-refractivity contribution is -0.122. The molecule has 0 spiro atoms. The summed E-state index contributed by atoms with van der Waals surface area (Å²) < 4.78 is 26.1. The number of amides is 1. The van der Waals surface area contributed by atoms with Crippen LogP contribution in [0.3, 0.4) is 0 Å². The second-order valence-electron chi connectivity index (χ2n) is 7.26. The Morgan fingerprint density at radius 3 is 2.25 bits per heavy atom. The van der Waals surface area contributed by atoms with Crippen LogP contribution in [0.25, 0.3) is 0 Å². The van der Waals surface area contributed by atoms with Gasteiger partial charge in [0.05, 0.1) is 18.0 Å². The number of carbonyl (C=O) groups is 1. The van der Waals surface area contributed by atoms with E-state index in [4.69, 9.17) is 11.6 Å². The molecule has 1 N–H and O–H groups in total. The summed E-state index contributed by atoms with van der Waals surface area (Å²) in [5, 5.41) is 3.34. The number of halogens is 1. The second-order valence-corrected chi connectivity index (χ2v) is 9.55. The highest BCUT2D eigenvalue weighted by molar-refractivity contribution is 7.92. The maximum atomic E-state index is 12.9. The van der Waals surface area contributed by atoms with E-state index < -0.39 is 16.1 Å². The number of hydrogen-bond donors (Lipinski definition) is 1. The minimum Gasteiger partial charge on any atom is -0.348 e. The molecule has 0 radical (unpaired) electrons. The van der Waals surface area contributed by atoms with Gasteiger partial charge in [0.15, 0.2) is 0 Å². The lowest BCUT2D eigenvalue weighted by Gasteiger charge is -2.30. The van der Waals surface area contributed by atoms with Gasteiger partial charge in [0, 0.05) is 5.02 Å². The SMILES string of the molecule is Cc1ccc([C@H](C)NC(=O)[C@H](C)N(c2cc(Cl)ccc2C)S(C)(=O)=O)c(C)c1. The molecule has 28 heavy (non-hydrogen) atoms. The molecule has 0 unspecified atom stereocenters. The molecule has 152 valence electrons. The van der Waals surface area contributed by atoms with Crippen molar-refractivity contribution in [2.75, 3.05) is 10.6 Å². The van der Waals surface area contributed by atoms with E-state index in [0.717, 1.165) is 32.8 Å². The van der Waals surface area contributed by atoms with Gasteiger partial charge in [0.25, 0.3) is 0 Å². The third-order valence-electron chi connectivity index (χ3n) is 4.75. The van der Waals surface area contributed by atoms with E-state index in [1.54, 1.807) is 32.0 Å². The average molecular weight is 423 g/mol. The van der Waals surface area contributed by atoms with E-state index in [1.165, 1.54) is 0 Å². The van der Waals surface area contributed by atoms with Gasteiger partial charge in [-0.15, -0.1) is 0 Å². The number of aryl methyl sites for hydroxylation is 3. The maximum absolute atomic E-state index is 12.9. The fourth-order valence-electron chi connectivity index (χ4n) is 3.32. The third kappa shape index (κ3) is 5.06. The minimum absolute atomic E-state index is 0.252. The third-order valence-corrected chi connectivity index (χ3v) is 6.21. The van der Waals surface area contributed by atoms with Gasteiger partial charge < -0.3 is 5.32 Å². The van der Waals surface area contributed by atoms with Crippen LogP contribution < -0.4 is 9.62 Å². The normalized spacial score (nSPS) is 13.7. The van der Waals surface area contributed by atoms with Crippen LogP contribution in [0.5, 0.6) is 0 Å². The Kier molecular flexibility index (Phi) is 6.78. The van der Waals surface area contributed by atoms with Crippen LogP contribution in [0.1, 0.15) is 42.1 Å². The number of nitrogens with zero attached hydrogens (tertiary/aromatic N) is 1. The Labute approximate surface area is 172 Å². The summed E-state index contributed by atoms with van der Waals surface area (Å²) in [5.74, 6) is -0.378. The van der Waals surface area contributed by atoms with Crippen molar-refractivity contribution in [3.05, 3.63) is 63.7 Å². The summed E-state index contributed by atoms with van der Waals surface area (Å²) in [6.07, 6.45) is 1.09. The van der Waals surface area contributed by atoms with E-state index in [2.05, 4.69) is 11.4 Å². The molecule has 5 nitrogen and oxygen atoms in total. The van der Waals surface area contributed by atoms with Gasteiger partial charge in [-0.2, -0.15) is 0 Å². The molecule has 0 aromatic heterocycles. The van der Waals surface area contributed by atoms with Crippen molar-refractivity contribution >= 4 is 33.2 Å². The Hall–Kier alpha value is -2.05. The van der Waals surface area contributed by atoms with E-state index in [-0.39, 0.29) is 11.9 Å². The lowest BCUT2D eigenvalue weighted by atomic mass is 10.00. The average Bonchev–Trinajstić information content (AvgIpc) is 2.56. The molecular formula is C21H27ClN2O3S.